The third-order valence-corrected chi connectivity index (χ3v) is 4.98. The fraction of sp³-hybridized carbons (Fsp3) is 0.250. The van der Waals surface area contributed by atoms with Crippen molar-refractivity contribution in [3.63, 3.8) is 0 Å². The summed E-state index contributed by atoms with van der Waals surface area (Å²) in [6.07, 6.45) is 3.66. The molecule has 0 saturated heterocycles. The van der Waals surface area contributed by atoms with E-state index in [0.29, 0.717) is 16.2 Å². The van der Waals surface area contributed by atoms with Gasteiger partial charge in [0.15, 0.2) is 0 Å². The van der Waals surface area contributed by atoms with Crippen LogP contribution in [0.3, 0.4) is 0 Å². The lowest BCUT2D eigenvalue weighted by molar-refractivity contribution is -0.119. The number of rotatable bonds is 5. The third kappa shape index (κ3) is 3.97. The highest BCUT2D eigenvalue weighted by Gasteiger charge is 2.44. The van der Waals surface area contributed by atoms with Crippen LogP contribution in [0.4, 0.5) is 0 Å². The van der Waals surface area contributed by atoms with E-state index in [1.165, 1.54) is 6.08 Å². The zero-order valence-electron chi connectivity index (χ0n) is 13.9. The van der Waals surface area contributed by atoms with Crippen molar-refractivity contribution in [3.05, 3.63) is 70.0 Å². The number of pyridine rings is 1. The first kappa shape index (κ1) is 17.4. The minimum Gasteiger partial charge on any atom is -0.342 e. The first-order valence-corrected chi connectivity index (χ1v) is 8.94. The van der Waals surface area contributed by atoms with Crippen LogP contribution in [0.15, 0.2) is 58.7 Å². The van der Waals surface area contributed by atoms with Crippen LogP contribution in [0, 0.1) is 17.2 Å². The van der Waals surface area contributed by atoms with Crippen molar-refractivity contribution in [1.82, 2.24) is 10.3 Å². The van der Waals surface area contributed by atoms with Gasteiger partial charge >= 0.3 is 0 Å². The minimum absolute atomic E-state index is 0.0495. The van der Waals surface area contributed by atoms with Gasteiger partial charge in [0.25, 0.3) is 5.91 Å². The second-order valence-electron chi connectivity index (χ2n) is 6.35. The maximum absolute atomic E-state index is 12.7. The highest BCUT2D eigenvalue weighted by atomic mass is 79.9. The standard InChI is InChI=1S/C20H18BrN3O/c1-20(16-10-11-16,15-6-3-2-4-7-15)24-19(25)14(13-22)12-17-8-5-9-18(21)23-17/h2-9,12,16H,10-11H2,1H3,(H,24,25)/b14-12+/t20-/m0/s1. The molecule has 4 nitrogen and oxygen atoms in total. The van der Waals surface area contributed by atoms with E-state index in [0.717, 1.165) is 18.4 Å². The van der Waals surface area contributed by atoms with Crippen molar-refractivity contribution in [2.45, 2.75) is 25.3 Å². The number of benzene rings is 1. The zero-order valence-corrected chi connectivity index (χ0v) is 15.5. The Morgan fingerprint density at radius 2 is 2.00 bits per heavy atom. The predicted octanol–water partition coefficient (Wildman–Crippen LogP) is 4.19. The van der Waals surface area contributed by atoms with Gasteiger partial charge in [0.1, 0.15) is 16.2 Å². The fourth-order valence-electron chi connectivity index (χ4n) is 2.96. The number of nitriles is 1. The van der Waals surface area contributed by atoms with E-state index in [9.17, 15) is 10.1 Å². The number of nitrogens with one attached hydrogen (secondary N) is 1. The molecule has 1 heterocycles. The smallest absolute Gasteiger partial charge is 0.262 e. The molecule has 0 bridgehead atoms. The molecular formula is C20H18BrN3O. The molecule has 3 rings (SSSR count). The quantitative estimate of drug-likeness (QED) is 0.468. The number of halogens is 1. The van der Waals surface area contributed by atoms with Crippen molar-refractivity contribution in [1.29, 1.82) is 5.26 Å². The van der Waals surface area contributed by atoms with Crippen molar-refractivity contribution in [2.75, 3.05) is 0 Å². The van der Waals surface area contributed by atoms with Gasteiger partial charge in [-0.25, -0.2) is 4.98 Å². The lowest BCUT2D eigenvalue weighted by Crippen LogP contribution is -2.45. The van der Waals surface area contributed by atoms with E-state index in [-0.39, 0.29) is 11.5 Å². The van der Waals surface area contributed by atoms with Gasteiger partial charge in [-0.3, -0.25) is 4.79 Å². The summed E-state index contributed by atoms with van der Waals surface area (Å²) in [7, 11) is 0. The number of hydrogen-bond donors (Lipinski definition) is 1. The Labute approximate surface area is 155 Å². The Bertz CT molecular complexity index is 853. The van der Waals surface area contributed by atoms with Crippen LogP contribution in [0.5, 0.6) is 0 Å². The summed E-state index contributed by atoms with van der Waals surface area (Å²) in [4.78, 5) is 17.0. The number of aromatic nitrogens is 1. The molecule has 1 saturated carbocycles. The van der Waals surface area contributed by atoms with E-state index in [1.807, 2.05) is 49.4 Å². The van der Waals surface area contributed by atoms with Crippen LogP contribution < -0.4 is 5.32 Å². The van der Waals surface area contributed by atoms with Gasteiger partial charge in [-0.2, -0.15) is 5.26 Å². The third-order valence-electron chi connectivity index (χ3n) is 4.53. The highest BCUT2D eigenvalue weighted by Crippen LogP contribution is 2.45. The van der Waals surface area contributed by atoms with Crippen LogP contribution in [-0.2, 0) is 10.3 Å². The predicted molar refractivity (Wildman–Crippen MR) is 100 cm³/mol. The van der Waals surface area contributed by atoms with Gasteiger partial charge in [-0.05, 0) is 65.4 Å². The molecule has 0 unspecified atom stereocenters. The molecule has 2 aromatic rings. The van der Waals surface area contributed by atoms with Crippen molar-refractivity contribution in [2.24, 2.45) is 5.92 Å². The van der Waals surface area contributed by atoms with Gasteiger partial charge in [0.05, 0.1) is 11.2 Å². The summed E-state index contributed by atoms with van der Waals surface area (Å²) < 4.78 is 0.658. The largest absolute Gasteiger partial charge is 0.342 e. The Kier molecular flexibility index (Phi) is 5.00. The first-order valence-electron chi connectivity index (χ1n) is 8.15. The summed E-state index contributed by atoms with van der Waals surface area (Å²) in [5, 5.41) is 12.5. The number of carbonyl (C=O) groups excluding carboxylic acids is 1. The first-order chi connectivity index (χ1) is 12.0. The van der Waals surface area contributed by atoms with Crippen molar-refractivity contribution >= 4 is 27.9 Å². The van der Waals surface area contributed by atoms with E-state index < -0.39 is 5.54 Å². The molecule has 1 fully saturated rings. The molecule has 1 aromatic carbocycles. The molecule has 1 aromatic heterocycles. The average Bonchev–Trinajstić information content (AvgIpc) is 3.46. The van der Waals surface area contributed by atoms with Gasteiger partial charge in [-0.1, -0.05) is 36.4 Å². The second kappa shape index (κ2) is 7.20. The molecule has 0 radical (unpaired) electrons. The molecule has 1 aliphatic rings. The highest BCUT2D eigenvalue weighted by molar-refractivity contribution is 9.10. The number of nitrogens with zero attached hydrogens (tertiary/aromatic N) is 2. The molecule has 5 heteroatoms. The Balaban J connectivity index is 1.87. The summed E-state index contributed by atoms with van der Waals surface area (Å²) >= 11 is 3.29. The normalized spacial score (nSPS) is 16.6. The van der Waals surface area contributed by atoms with Crippen molar-refractivity contribution < 1.29 is 4.79 Å². The minimum atomic E-state index is -0.473. The topological polar surface area (TPSA) is 65.8 Å². The second-order valence-corrected chi connectivity index (χ2v) is 7.16. The summed E-state index contributed by atoms with van der Waals surface area (Å²) in [5.74, 6) is 0.0188. The lowest BCUT2D eigenvalue weighted by atomic mass is 9.86. The maximum Gasteiger partial charge on any atom is 0.262 e. The van der Waals surface area contributed by atoms with Gasteiger partial charge in [-0.15, -0.1) is 0 Å². The van der Waals surface area contributed by atoms with Crippen LogP contribution in [0.25, 0.3) is 6.08 Å². The molecule has 1 N–H and O–H groups in total. The van der Waals surface area contributed by atoms with E-state index in [2.05, 4.69) is 26.2 Å². The molecule has 25 heavy (non-hydrogen) atoms. The van der Waals surface area contributed by atoms with Crippen molar-refractivity contribution in [3.8, 4) is 6.07 Å². The summed E-state index contributed by atoms with van der Waals surface area (Å²) in [5.41, 5.74) is 1.20. The fourth-order valence-corrected chi connectivity index (χ4v) is 3.32. The Morgan fingerprint density at radius 3 is 2.60 bits per heavy atom. The van der Waals surface area contributed by atoms with Crippen LogP contribution in [0.2, 0.25) is 0 Å². The van der Waals surface area contributed by atoms with E-state index >= 15 is 0 Å². The van der Waals surface area contributed by atoms with E-state index in [1.54, 1.807) is 12.1 Å². The number of amides is 1. The van der Waals surface area contributed by atoms with Gasteiger partial charge in [0.2, 0.25) is 0 Å². The average molecular weight is 396 g/mol. The molecule has 126 valence electrons. The Morgan fingerprint density at radius 1 is 1.28 bits per heavy atom. The number of carbonyl (C=O) groups is 1. The summed E-state index contributed by atoms with van der Waals surface area (Å²) in [6.45, 7) is 2.03. The SMILES string of the molecule is C[C@](NC(=O)/C(C#N)=C/c1cccc(Br)n1)(c1ccccc1)C1CC1. The molecule has 1 atom stereocenters. The summed E-state index contributed by atoms with van der Waals surface area (Å²) in [6, 6.07) is 17.3. The monoisotopic (exact) mass is 395 g/mol. The number of hydrogen-bond acceptors (Lipinski definition) is 3. The lowest BCUT2D eigenvalue weighted by Gasteiger charge is -2.31. The van der Waals surface area contributed by atoms with E-state index in [4.69, 9.17) is 0 Å². The van der Waals surface area contributed by atoms with Gasteiger partial charge < -0.3 is 5.32 Å². The van der Waals surface area contributed by atoms with Crippen LogP contribution in [0.1, 0.15) is 31.0 Å². The molecule has 0 spiro atoms. The van der Waals surface area contributed by atoms with Gasteiger partial charge in [0, 0.05) is 0 Å². The molecule has 0 aliphatic heterocycles. The molecular weight excluding hydrogens is 378 g/mol. The molecule has 1 amide bonds. The zero-order chi connectivity index (χ0) is 17.9. The van der Waals surface area contributed by atoms with Crippen LogP contribution >= 0.6 is 15.9 Å². The van der Waals surface area contributed by atoms with Crippen LogP contribution in [-0.4, -0.2) is 10.9 Å². The molecule has 1 aliphatic carbocycles. The maximum atomic E-state index is 12.7. The Hall–Kier alpha value is -2.45.